The first-order chi connectivity index (χ1) is 13.6. The number of hydrogen-bond donors (Lipinski definition) is 0. The monoisotopic (exact) mass is 390 g/mol. The van der Waals surface area contributed by atoms with E-state index >= 15 is 0 Å². The normalized spacial score (nSPS) is 10.9. The van der Waals surface area contributed by atoms with Gasteiger partial charge in [0.25, 0.3) is 0 Å². The number of para-hydroxylation sites is 2. The second kappa shape index (κ2) is 15.1. The maximum absolute atomic E-state index is 12.1. The van der Waals surface area contributed by atoms with E-state index in [1.165, 1.54) is 25.7 Å². The summed E-state index contributed by atoms with van der Waals surface area (Å²) in [4.78, 5) is 24.2. The lowest BCUT2D eigenvalue weighted by atomic mass is 9.96. The van der Waals surface area contributed by atoms with Crippen molar-refractivity contribution in [3.05, 3.63) is 24.3 Å². The predicted octanol–water partition coefficient (Wildman–Crippen LogP) is 6.85. The van der Waals surface area contributed by atoms with Crippen LogP contribution in [-0.4, -0.2) is 11.9 Å². The van der Waals surface area contributed by atoms with E-state index in [0.717, 1.165) is 44.4 Å². The van der Waals surface area contributed by atoms with Gasteiger partial charge in [0, 0.05) is 12.8 Å². The number of unbranched alkanes of at least 4 members (excludes halogenated alkanes) is 5. The second-order valence-corrected chi connectivity index (χ2v) is 7.49. The fraction of sp³-hybridized carbons (Fsp3) is 0.667. The van der Waals surface area contributed by atoms with E-state index in [1.807, 2.05) is 0 Å². The Morgan fingerprint density at radius 1 is 0.750 bits per heavy atom. The average molecular weight is 391 g/mol. The molecule has 1 aromatic carbocycles. The topological polar surface area (TPSA) is 52.6 Å². The van der Waals surface area contributed by atoms with Crippen molar-refractivity contribution in [2.24, 2.45) is 5.92 Å². The van der Waals surface area contributed by atoms with E-state index in [4.69, 9.17) is 9.47 Å². The summed E-state index contributed by atoms with van der Waals surface area (Å²) < 4.78 is 10.9. The van der Waals surface area contributed by atoms with Crippen molar-refractivity contribution in [2.75, 3.05) is 0 Å². The Balaban J connectivity index is 2.39. The number of ether oxygens (including phenoxy) is 2. The molecule has 158 valence electrons. The molecule has 0 N–H and O–H groups in total. The lowest BCUT2D eigenvalue weighted by molar-refractivity contribution is -0.137. The van der Waals surface area contributed by atoms with Gasteiger partial charge < -0.3 is 9.47 Å². The summed E-state index contributed by atoms with van der Waals surface area (Å²) in [6.07, 6.45) is 11.6. The first kappa shape index (κ1) is 24.2. The van der Waals surface area contributed by atoms with Crippen LogP contribution in [0.2, 0.25) is 0 Å². The predicted molar refractivity (Wildman–Crippen MR) is 114 cm³/mol. The molecule has 0 amide bonds. The van der Waals surface area contributed by atoms with Crippen LogP contribution >= 0.6 is 0 Å². The van der Waals surface area contributed by atoms with Crippen LogP contribution in [0.1, 0.15) is 97.8 Å². The quantitative estimate of drug-likeness (QED) is 0.187. The summed E-state index contributed by atoms with van der Waals surface area (Å²) in [5.74, 6) is 0.856. The van der Waals surface area contributed by atoms with E-state index in [1.54, 1.807) is 24.3 Å². The highest BCUT2D eigenvalue weighted by molar-refractivity contribution is 5.76. The zero-order valence-corrected chi connectivity index (χ0v) is 18.0. The Bertz CT molecular complexity index is 563. The van der Waals surface area contributed by atoms with Gasteiger partial charge in [-0.3, -0.25) is 9.59 Å². The van der Waals surface area contributed by atoms with Crippen molar-refractivity contribution in [3.8, 4) is 11.5 Å². The molecule has 0 saturated carbocycles. The van der Waals surface area contributed by atoms with Gasteiger partial charge in [0.1, 0.15) is 0 Å². The van der Waals surface area contributed by atoms with E-state index in [9.17, 15) is 9.59 Å². The molecule has 0 aliphatic rings. The van der Waals surface area contributed by atoms with Gasteiger partial charge in [0.2, 0.25) is 0 Å². The Hall–Kier alpha value is -1.84. The van der Waals surface area contributed by atoms with Crippen molar-refractivity contribution < 1.29 is 19.1 Å². The molecule has 0 fully saturated rings. The van der Waals surface area contributed by atoms with E-state index in [-0.39, 0.29) is 11.9 Å². The lowest BCUT2D eigenvalue weighted by Crippen LogP contribution is -2.12. The van der Waals surface area contributed by atoms with Gasteiger partial charge in [-0.25, -0.2) is 0 Å². The molecule has 0 bridgehead atoms. The molecule has 0 aliphatic heterocycles. The molecule has 4 heteroatoms. The van der Waals surface area contributed by atoms with Crippen molar-refractivity contribution in [2.45, 2.75) is 97.8 Å². The third-order valence-electron chi connectivity index (χ3n) is 5.18. The van der Waals surface area contributed by atoms with Gasteiger partial charge in [-0.15, -0.1) is 0 Å². The van der Waals surface area contributed by atoms with Crippen LogP contribution in [0.15, 0.2) is 24.3 Å². The fourth-order valence-electron chi connectivity index (χ4n) is 3.24. The van der Waals surface area contributed by atoms with E-state index in [0.29, 0.717) is 24.3 Å². The number of carbonyl (C=O) groups is 2. The molecule has 0 heterocycles. The standard InChI is InChI=1S/C24H38O4/c1-4-7-8-9-10-18-23(25)27-21-16-12-13-17-22(21)28-24(26)19-14-11-15-20(5-2)6-3/h12-13,16-17,20H,4-11,14-15,18-19H2,1-3H3. The van der Waals surface area contributed by atoms with Crippen LogP contribution in [0, 0.1) is 5.92 Å². The van der Waals surface area contributed by atoms with Crippen LogP contribution in [0.25, 0.3) is 0 Å². The van der Waals surface area contributed by atoms with Crippen molar-refractivity contribution in [1.82, 2.24) is 0 Å². The highest BCUT2D eigenvalue weighted by Gasteiger charge is 2.13. The van der Waals surface area contributed by atoms with E-state index < -0.39 is 0 Å². The summed E-state index contributed by atoms with van der Waals surface area (Å²) in [6.45, 7) is 6.59. The smallest absolute Gasteiger partial charge is 0.311 e. The maximum atomic E-state index is 12.1. The lowest BCUT2D eigenvalue weighted by Gasteiger charge is -2.12. The number of benzene rings is 1. The number of rotatable bonds is 15. The zero-order valence-electron chi connectivity index (χ0n) is 18.0. The van der Waals surface area contributed by atoms with Gasteiger partial charge >= 0.3 is 11.9 Å². The van der Waals surface area contributed by atoms with Crippen molar-refractivity contribution in [3.63, 3.8) is 0 Å². The van der Waals surface area contributed by atoms with Crippen LogP contribution in [0.4, 0.5) is 0 Å². The van der Waals surface area contributed by atoms with Gasteiger partial charge in [-0.2, -0.15) is 0 Å². The molecule has 0 aliphatic carbocycles. The first-order valence-electron chi connectivity index (χ1n) is 11.1. The highest BCUT2D eigenvalue weighted by atomic mass is 16.6. The van der Waals surface area contributed by atoms with Gasteiger partial charge in [-0.1, -0.05) is 84.3 Å². The Morgan fingerprint density at radius 3 is 1.75 bits per heavy atom. The largest absolute Gasteiger partial charge is 0.423 e. The summed E-state index contributed by atoms with van der Waals surface area (Å²) in [5.41, 5.74) is 0. The van der Waals surface area contributed by atoms with Crippen LogP contribution < -0.4 is 9.47 Å². The van der Waals surface area contributed by atoms with Crippen LogP contribution in [0.3, 0.4) is 0 Å². The van der Waals surface area contributed by atoms with Crippen LogP contribution in [-0.2, 0) is 9.59 Å². The second-order valence-electron chi connectivity index (χ2n) is 7.49. The molecule has 28 heavy (non-hydrogen) atoms. The number of carbonyl (C=O) groups excluding carboxylic acids is 2. The molecule has 0 aromatic heterocycles. The Morgan fingerprint density at radius 2 is 1.25 bits per heavy atom. The molecule has 1 rings (SSSR count). The minimum atomic E-state index is -0.273. The Kier molecular flexibility index (Phi) is 13.1. The molecule has 0 radical (unpaired) electrons. The third kappa shape index (κ3) is 10.5. The molecular weight excluding hydrogens is 352 g/mol. The van der Waals surface area contributed by atoms with Crippen molar-refractivity contribution in [1.29, 1.82) is 0 Å². The minimum absolute atomic E-state index is 0.271. The summed E-state index contributed by atoms with van der Waals surface area (Å²) in [6, 6.07) is 6.89. The first-order valence-corrected chi connectivity index (χ1v) is 11.1. The van der Waals surface area contributed by atoms with Crippen LogP contribution in [0.5, 0.6) is 11.5 Å². The molecule has 1 aromatic rings. The molecule has 0 spiro atoms. The SMILES string of the molecule is CCCCCCCC(=O)Oc1ccccc1OC(=O)CCCCC(CC)CC. The molecule has 0 unspecified atom stereocenters. The highest BCUT2D eigenvalue weighted by Crippen LogP contribution is 2.28. The summed E-state index contributed by atoms with van der Waals surface area (Å²) in [7, 11) is 0. The van der Waals surface area contributed by atoms with E-state index in [2.05, 4.69) is 20.8 Å². The molecular formula is C24H38O4. The minimum Gasteiger partial charge on any atom is -0.423 e. The fourth-order valence-corrected chi connectivity index (χ4v) is 3.24. The number of esters is 2. The molecule has 0 atom stereocenters. The number of hydrogen-bond acceptors (Lipinski definition) is 4. The zero-order chi connectivity index (χ0) is 20.6. The van der Waals surface area contributed by atoms with Gasteiger partial charge in [-0.05, 0) is 30.9 Å². The Labute approximate surface area is 171 Å². The maximum Gasteiger partial charge on any atom is 0.311 e. The summed E-state index contributed by atoms with van der Waals surface area (Å²) >= 11 is 0. The van der Waals surface area contributed by atoms with Gasteiger partial charge in [0.15, 0.2) is 11.5 Å². The average Bonchev–Trinajstić information content (AvgIpc) is 2.69. The molecule has 0 saturated heterocycles. The van der Waals surface area contributed by atoms with Gasteiger partial charge in [0.05, 0.1) is 0 Å². The summed E-state index contributed by atoms with van der Waals surface area (Å²) in [5, 5.41) is 0. The third-order valence-corrected chi connectivity index (χ3v) is 5.18. The molecule has 4 nitrogen and oxygen atoms in total. The van der Waals surface area contributed by atoms with Crippen molar-refractivity contribution >= 4 is 11.9 Å².